The summed E-state index contributed by atoms with van der Waals surface area (Å²) in [6.07, 6.45) is 3.74. The molecule has 5 heteroatoms. The van der Waals surface area contributed by atoms with Crippen LogP contribution in [0.1, 0.15) is 25.7 Å². The van der Waals surface area contributed by atoms with Gasteiger partial charge in [-0.2, -0.15) is 0 Å². The fourth-order valence-electron chi connectivity index (χ4n) is 2.67. The predicted molar refractivity (Wildman–Crippen MR) is 75.9 cm³/mol. The molecule has 1 fully saturated rings. The van der Waals surface area contributed by atoms with Crippen LogP contribution in [0.15, 0.2) is 29.3 Å². The third kappa shape index (κ3) is 2.18. The lowest BCUT2D eigenvalue weighted by Crippen LogP contribution is -2.47. The van der Waals surface area contributed by atoms with E-state index in [-0.39, 0.29) is 22.8 Å². The van der Waals surface area contributed by atoms with Gasteiger partial charge in [-0.1, -0.05) is 12.5 Å². The second-order valence-electron chi connectivity index (χ2n) is 4.84. The van der Waals surface area contributed by atoms with Gasteiger partial charge in [0.25, 0.3) is 0 Å². The highest BCUT2D eigenvalue weighted by molar-refractivity contribution is 7.80. The van der Waals surface area contributed by atoms with E-state index >= 15 is 0 Å². The van der Waals surface area contributed by atoms with Gasteiger partial charge in [-0.15, -0.1) is 0 Å². The zero-order chi connectivity index (χ0) is 13.4. The standard InChI is InChI=1S/C14H13FN2OS/c15-9-4-3-5-10(8-9)17-13(18)11-6-1-2-7-12(11)16-14(17)19/h3-5,8,11H,1-2,6-7H2. The van der Waals surface area contributed by atoms with Crippen LogP contribution in [0.5, 0.6) is 0 Å². The van der Waals surface area contributed by atoms with Crippen molar-refractivity contribution >= 4 is 34.6 Å². The van der Waals surface area contributed by atoms with Gasteiger partial charge in [0.1, 0.15) is 5.82 Å². The van der Waals surface area contributed by atoms with E-state index in [9.17, 15) is 9.18 Å². The maximum absolute atomic E-state index is 13.3. The number of thiocarbonyl (C=S) groups is 1. The van der Waals surface area contributed by atoms with Gasteiger partial charge < -0.3 is 0 Å². The van der Waals surface area contributed by atoms with Gasteiger partial charge in [0.15, 0.2) is 0 Å². The van der Waals surface area contributed by atoms with Gasteiger partial charge in [0.05, 0.1) is 11.6 Å². The zero-order valence-corrected chi connectivity index (χ0v) is 11.1. The first-order valence-corrected chi connectivity index (χ1v) is 6.78. The Morgan fingerprint density at radius 2 is 2.21 bits per heavy atom. The molecule has 1 aliphatic heterocycles. The smallest absolute Gasteiger partial charge is 0.242 e. The molecule has 0 N–H and O–H groups in total. The molecular formula is C14H13FN2OS. The van der Waals surface area contributed by atoms with Crippen LogP contribution in [0, 0.1) is 11.7 Å². The summed E-state index contributed by atoms with van der Waals surface area (Å²) in [7, 11) is 0. The van der Waals surface area contributed by atoms with Crippen LogP contribution in [0.3, 0.4) is 0 Å². The van der Waals surface area contributed by atoms with Crippen molar-refractivity contribution in [1.29, 1.82) is 0 Å². The van der Waals surface area contributed by atoms with Crippen molar-refractivity contribution in [3.63, 3.8) is 0 Å². The van der Waals surface area contributed by atoms with Crippen LogP contribution >= 0.6 is 12.2 Å². The summed E-state index contributed by atoms with van der Waals surface area (Å²) in [5.74, 6) is -0.629. The fourth-order valence-corrected chi connectivity index (χ4v) is 2.98. The minimum atomic E-state index is -0.383. The molecule has 0 radical (unpaired) electrons. The van der Waals surface area contributed by atoms with Gasteiger partial charge in [0, 0.05) is 5.71 Å². The molecule has 19 heavy (non-hydrogen) atoms. The molecule has 1 atom stereocenters. The summed E-state index contributed by atoms with van der Waals surface area (Å²) in [5.41, 5.74) is 1.36. The van der Waals surface area contributed by atoms with Gasteiger partial charge in [-0.05, 0) is 49.7 Å². The van der Waals surface area contributed by atoms with Crippen molar-refractivity contribution in [3.05, 3.63) is 30.1 Å². The van der Waals surface area contributed by atoms with E-state index in [2.05, 4.69) is 4.99 Å². The molecule has 0 bridgehead atoms. The fraction of sp³-hybridized carbons (Fsp3) is 0.357. The zero-order valence-electron chi connectivity index (χ0n) is 10.3. The number of nitrogens with zero attached hydrogens (tertiary/aromatic N) is 2. The third-order valence-corrected chi connectivity index (χ3v) is 3.87. The van der Waals surface area contributed by atoms with Gasteiger partial charge in [-0.25, -0.2) is 9.38 Å². The number of carbonyl (C=O) groups excluding carboxylic acids is 1. The number of carbonyl (C=O) groups is 1. The molecule has 0 aromatic heterocycles. The summed E-state index contributed by atoms with van der Waals surface area (Å²) in [4.78, 5) is 18.2. The molecule has 2 aliphatic rings. The first kappa shape index (κ1) is 12.4. The van der Waals surface area contributed by atoms with Crippen molar-refractivity contribution in [2.75, 3.05) is 4.90 Å². The largest absolute Gasteiger partial charge is 0.273 e. The van der Waals surface area contributed by atoms with E-state index in [0.717, 1.165) is 31.4 Å². The SMILES string of the molecule is O=C1C2CCCCC2=NC(=S)N1c1cccc(F)c1. The highest BCUT2D eigenvalue weighted by atomic mass is 32.1. The Morgan fingerprint density at radius 1 is 1.37 bits per heavy atom. The Morgan fingerprint density at radius 3 is 3.00 bits per heavy atom. The number of hydrogen-bond donors (Lipinski definition) is 0. The van der Waals surface area contributed by atoms with Crippen molar-refractivity contribution in [2.45, 2.75) is 25.7 Å². The van der Waals surface area contributed by atoms with Gasteiger partial charge in [0.2, 0.25) is 11.0 Å². The monoisotopic (exact) mass is 276 g/mol. The van der Waals surface area contributed by atoms with Crippen molar-refractivity contribution in [1.82, 2.24) is 0 Å². The Kier molecular flexibility index (Phi) is 3.14. The molecule has 1 heterocycles. The molecule has 0 saturated heterocycles. The number of aliphatic imine (C=N–C) groups is 1. The topological polar surface area (TPSA) is 32.7 Å². The van der Waals surface area contributed by atoms with E-state index in [1.165, 1.54) is 17.0 Å². The molecule has 1 unspecified atom stereocenters. The average molecular weight is 276 g/mol. The molecule has 1 saturated carbocycles. The van der Waals surface area contributed by atoms with Crippen LogP contribution in [0.25, 0.3) is 0 Å². The van der Waals surface area contributed by atoms with Crippen LogP contribution in [0.4, 0.5) is 10.1 Å². The average Bonchev–Trinajstić information content (AvgIpc) is 2.39. The minimum absolute atomic E-state index is 0.0692. The maximum Gasteiger partial charge on any atom is 0.242 e. The molecule has 3 rings (SSSR count). The van der Waals surface area contributed by atoms with E-state index in [1.54, 1.807) is 12.1 Å². The van der Waals surface area contributed by atoms with Crippen LogP contribution in [0.2, 0.25) is 0 Å². The first-order chi connectivity index (χ1) is 9.16. The second-order valence-corrected chi connectivity index (χ2v) is 5.20. The maximum atomic E-state index is 13.3. The summed E-state index contributed by atoms with van der Waals surface area (Å²) in [6.45, 7) is 0. The summed E-state index contributed by atoms with van der Waals surface area (Å²) < 4.78 is 13.3. The Balaban J connectivity index is 2.00. The van der Waals surface area contributed by atoms with Crippen LogP contribution in [-0.4, -0.2) is 16.7 Å². The number of rotatable bonds is 1. The number of halogens is 1. The van der Waals surface area contributed by atoms with E-state index in [0.29, 0.717) is 5.69 Å². The molecule has 1 aromatic rings. The van der Waals surface area contributed by atoms with Crippen molar-refractivity contribution in [2.24, 2.45) is 10.9 Å². The van der Waals surface area contributed by atoms with Crippen molar-refractivity contribution < 1.29 is 9.18 Å². The number of anilines is 1. The second kappa shape index (κ2) is 4.81. The normalized spacial score (nSPS) is 23.1. The van der Waals surface area contributed by atoms with Crippen LogP contribution in [-0.2, 0) is 4.79 Å². The number of amides is 1. The Hall–Kier alpha value is -1.62. The predicted octanol–water partition coefficient (Wildman–Crippen LogP) is 3.09. The summed E-state index contributed by atoms with van der Waals surface area (Å²) >= 11 is 5.19. The lowest BCUT2D eigenvalue weighted by atomic mass is 9.85. The lowest BCUT2D eigenvalue weighted by Gasteiger charge is -2.33. The summed E-state index contributed by atoms with van der Waals surface area (Å²) in [5, 5.41) is 0.226. The Labute approximate surface area is 116 Å². The quantitative estimate of drug-likeness (QED) is 0.738. The molecule has 0 spiro atoms. The van der Waals surface area contributed by atoms with E-state index in [1.807, 2.05) is 0 Å². The van der Waals surface area contributed by atoms with E-state index < -0.39 is 0 Å². The van der Waals surface area contributed by atoms with Gasteiger partial charge >= 0.3 is 0 Å². The molecule has 1 aromatic carbocycles. The lowest BCUT2D eigenvalue weighted by molar-refractivity contribution is -0.120. The molecule has 1 amide bonds. The van der Waals surface area contributed by atoms with Gasteiger partial charge in [-0.3, -0.25) is 9.69 Å². The highest BCUT2D eigenvalue weighted by Gasteiger charge is 2.37. The molecule has 3 nitrogen and oxygen atoms in total. The van der Waals surface area contributed by atoms with Crippen molar-refractivity contribution in [3.8, 4) is 0 Å². The Bertz CT molecular complexity index is 585. The highest BCUT2D eigenvalue weighted by Crippen LogP contribution is 2.30. The van der Waals surface area contributed by atoms with Crippen LogP contribution < -0.4 is 4.90 Å². The minimum Gasteiger partial charge on any atom is -0.273 e. The molecular weight excluding hydrogens is 263 g/mol. The number of hydrogen-bond acceptors (Lipinski definition) is 2. The number of fused-ring (bicyclic) bond motifs is 1. The molecule has 98 valence electrons. The summed E-state index contributed by atoms with van der Waals surface area (Å²) in [6, 6.07) is 5.90. The van der Waals surface area contributed by atoms with E-state index in [4.69, 9.17) is 12.2 Å². The third-order valence-electron chi connectivity index (χ3n) is 3.59. The number of benzene rings is 1. The molecule has 1 aliphatic carbocycles. The first-order valence-electron chi connectivity index (χ1n) is 6.38.